The van der Waals surface area contributed by atoms with Crippen molar-refractivity contribution in [2.24, 2.45) is 0 Å². The summed E-state index contributed by atoms with van der Waals surface area (Å²) >= 11 is 1.75. The summed E-state index contributed by atoms with van der Waals surface area (Å²) in [7, 11) is -1.82. The van der Waals surface area contributed by atoms with Crippen LogP contribution in [-0.2, 0) is 4.74 Å². The number of nitrogens with zero attached hydrogens (tertiary/aromatic N) is 4. The molecule has 0 N–H and O–H groups in total. The van der Waals surface area contributed by atoms with E-state index in [0.29, 0.717) is 5.92 Å². The molecule has 5 rings (SSSR count). The van der Waals surface area contributed by atoms with E-state index in [9.17, 15) is 0 Å². The minimum absolute atomic E-state index is 0.229. The van der Waals surface area contributed by atoms with Crippen molar-refractivity contribution in [3.63, 3.8) is 0 Å². The Kier molecular flexibility index (Phi) is 6.51. The van der Waals surface area contributed by atoms with Crippen molar-refractivity contribution in [1.29, 1.82) is 0 Å². The summed E-state index contributed by atoms with van der Waals surface area (Å²) in [5.74, 6) is 0.608. The molecule has 1 saturated carbocycles. The van der Waals surface area contributed by atoms with Gasteiger partial charge in [0, 0.05) is 53.5 Å². The second kappa shape index (κ2) is 9.15. The van der Waals surface area contributed by atoms with Gasteiger partial charge in [0.1, 0.15) is 10.7 Å². The van der Waals surface area contributed by atoms with E-state index in [0.717, 1.165) is 48.7 Å². The molecule has 34 heavy (non-hydrogen) atoms. The van der Waals surface area contributed by atoms with Crippen LogP contribution in [0, 0.1) is 6.92 Å². The third-order valence-corrected chi connectivity index (χ3v) is 14.9. The average Bonchev–Trinajstić information content (AvgIpc) is 3.42. The van der Waals surface area contributed by atoms with Crippen molar-refractivity contribution in [1.82, 2.24) is 19.1 Å². The quantitative estimate of drug-likeness (QED) is 0.378. The predicted octanol–water partition coefficient (Wildman–Crippen LogP) is 6.68. The molecule has 2 fully saturated rings. The Balaban J connectivity index is 1.48. The molecule has 1 aliphatic heterocycles. The van der Waals surface area contributed by atoms with Crippen LogP contribution in [0.4, 0.5) is 0 Å². The van der Waals surface area contributed by atoms with Gasteiger partial charge in [0.2, 0.25) is 0 Å². The third-order valence-electron chi connectivity index (χ3n) is 8.68. The zero-order valence-electron chi connectivity index (χ0n) is 21.7. The van der Waals surface area contributed by atoms with E-state index in [2.05, 4.69) is 73.8 Å². The smallest absolute Gasteiger partial charge is 0.163 e. The van der Waals surface area contributed by atoms with Crippen LogP contribution in [0.2, 0.25) is 18.1 Å². The maximum atomic E-state index is 5.56. The van der Waals surface area contributed by atoms with E-state index >= 15 is 0 Å². The lowest BCUT2D eigenvalue weighted by Gasteiger charge is -2.39. The number of aryl methyl sites for hydroxylation is 1. The number of ether oxygens (including phenoxy) is 1. The van der Waals surface area contributed by atoms with Crippen molar-refractivity contribution in [2.45, 2.75) is 83.5 Å². The van der Waals surface area contributed by atoms with Crippen LogP contribution in [0.15, 0.2) is 23.8 Å². The Labute approximate surface area is 209 Å². The van der Waals surface area contributed by atoms with Crippen LogP contribution in [0.5, 0.6) is 0 Å². The second-order valence-corrected chi connectivity index (χ2v) is 17.8. The molecule has 0 aromatic carbocycles. The fourth-order valence-electron chi connectivity index (χ4n) is 5.50. The van der Waals surface area contributed by atoms with Crippen molar-refractivity contribution in [2.75, 3.05) is 26.3 Å². The van der Waals surface area contributed by atoms with E-state index in [1.165, 1.54) is 42.2 Å². The SMILES string of the molecule is Cc1csc(-c2cn([Si](C)(C)C(C)(C)C)c3ncc([C@H]4CC[C@H](N5CCOCC5)CC4)cc23)n1. The van der Waals surface area contributed by atoms with Gasteiger partial charge in [-0.25, -0.2) is 9.97 Å². The second-order valence-electron chi connectivity index (χ2n) is 11.8. The fraction of sp³-hybridized carbons (Fsp3) is 0.630. The predicted molar refractivity (Wildman–Crippen MR) is 146 cm³/mol. The summed E-state index contributed by atoms with van der Waals surface area (Å²) in [5, 5.41) is 4.80. The Bertz CT molecular complexity index is 1150. The molecule has 0 amide bonds. The van der Waals surface area contributed by atoms with Gasteiger partial charge in [0.25, 0.3) is 0 Å². The summed E-state index contributed by atoms with van der Waals surface area (Å²) in [6.45, 7) is 18.1. The van der Waals surface area contributed by atoms with Crippen molar-refractivity contribution >= 4 is 30.6 Å². The van der Waals surface area contributed by atoms with Gasteiger partial charge in [-0.05, 0) is 55.2 Å². The molecule has 0 bridgehead atoms. The third kappa shape index (κ3) is 4.40. The number of aromatic nitrogens is 3. The van der Waals surface area contributed by atoms with Gasteiger partial charge in [-0.2, -0.15) is 0 Å². The first-order valence-electron chi connectivity index (χ1n) is 12.9. The topological polar surface area (TPSA) is 43.2 Å². The highest BCUT2D eigenvalue weighted by Crippen LogP contribution is 2.43. The molecule has 3 aromatic rings. The molecule has 7 heteroatoms. The lowest BCUT2D eigenvalue weighted by atomic mass is 9.81. The minimum atomic E-state index is -1.82. The van der Waals surface area contributed by atoms with Crippen molar-refractivity contribution in [3.05, 3.63) is 35.1 Å². The Morgan fingerprint density at radius 2 is 1.79 bits per heavy atom. The summed E-state index contributed by atoms with van der Waals surface area (Å²) in [6, 6.07) is 3.18. The molecule has 0 atom stereocenters. The molecule has 1 saturated heterocycles. The Hall–Kier alpha value is -1.54. The summed E-state index contributed by atoms with van der Waals surface area (Å²) in [6.07, 6.45) is 9.63. The zero-order chi connectivity index (χ0) is 24.1. The fourth-order valence-corrected chi connectivity index (χ4v) is 8.20. The number of thiazole rings is 1. The van der Waals surface area contributed by atoms with Crippen LogP contribution in [0.3, 0.4) is 0 Å². The highest BCUT2D eigenvalue weighted by molar-refractivity contribution is 7.13. The molecule has 0 spiro atoms. The summed E-state index contributed by atoms with van der Waals surface area (Å²) in [5.41, 5.74) is 4.91. The highest BCUT2D eigenvalue weighted by Gasteiger charge is 2.39. The number of pyridine rings is 1. The molecular weight excluding hydrogens is 456 g/mol. The molecule has 3 aromatic heterocycles. The summed E-state index contributed by atoms with van der Waals surface area (Å²) < 4.78 is 8.10. The van der Waals surface area contributed by atoms with E-state index in [1.807, 2.05) is 0 Å². The Morgan fingerprint density at radius 3 is 2.41 bits per heavy atom. The number of hydrogen-bond acceptors (Lipinski definition) is 5. The standard InChI is InChI=1S/C27H40N4OSSi/c1-19-18-33-26(29-19)24-17-31(34(5,6)27(2,3)4)25-23(24)15-21(16-28-25)20-7-9-22(10-8-20)30-11-13-32-14-12-30/h15-18,20,22H,7-14H2,1-6H3/t20-,22-. The van der Waals surface area contributed by atoms with Crippen molar-refractivity contribution in [3.8, 4) is 10.6 Å². The lowest BCUT2D eigenvalue weighted by molar-refractivity contribution is 0.00729. The average molecular weight is 497 g/mol. The van der Waals surface area contributed by atoms with Gasteiger partial charge in [-0.1, -0.05) is 33.9 Å². The van der Waals surface area contributed by atoms with Gasteiger partial charge in [-0.3, -0.25) is 4.90 Å². The minimum Gasteiger partial charge on any atom is -0.379 e. The molecule has 2 aliphatic rings. The number of fused-ring (bicyclic) bond motifs is 1. The summed E-state index contributed by atoms with van der Waals surface area (Å²) in [4.78, 5) is 12.7. The molecule has 1 aliphatic carbocycles. The monoisotopic (exact) mass is 496 g/mol. The van der Waals surface area contributed by atoms with E-state index in [1.54, 1.807) is 11.3 Å². The lowest BCUT2D eigenvalue weighted by Crippen LogP contribution is -2.45. The number of morpholine rings is 1. The van der Waals surface area contributed by atoms with Crippen LogP contribution in [0.25, 0.3) is 21.6 Å². The number of rotatable bonds is 4. The van der Waals surface area contributed by atoms with E-state index in [4.69, 9.17) is 14.7 Å². The van der Waals surface area contributed by atoms with Gasteiger partial charge < -0.3 is 8.97 Å². The van der Waals surface area contributed by atoms with Crippen LogP contribution < -0.4 is 0 Å². The maximum Gasteiger partial charge on any atom is 0.163 e. The van der Waals surface area contributed by atoms with Crippen molar-refractivity contribution < 1.29 is 4.74 Å². The molecule has 0 radical (unpaired) electrons. The first kappa shape index (κ1) is 24.2. The molecule has 184 valence electrons. The van der Waals surface area contributed by atoms with Gasteiger partial charge in [0.15, 0.2) is 8.24 Å². The van der Waals surface area contributed by atoms with Crippen LogP contribution >= 0.6 is 11.3 Å². The largest absolute Gasteiger partial charge is 0.379 e. The normalized spacial score (nSPS) is 23.0. The maximum absolute atomic E-state index is 5.56. The zero-order valence-corrected chi connectivity index (χ0v) is 23.5. The Morgan fingerprint density at radius 1 is 1.09 bits per heavy atom. The van der Waals surface area contributed by atoms with Gasteiger partial charge in [0.05, 0.1) is 13.2 Å². The van der Waals surface area contributed by atoms with Gasteiger partial charge in [-0.15, -0.1) is 11.3 Å². The number of hydrogen-bond donors (Lipinski definition) is 0. The molecule has 5 nitrogen and oxygen atoms in total. The molecular formula is C27H40N4OSSi. The first-order chi connectivity index (χ1) is 16.1. The first-order valence-corrected chi connectivity index (χ1v) is 16.7. The van der Waals surface area contributed by atoms with Gasteiger partial charge >= 0.3 is 0 Å². The van der Waals surface area contributed by atoms with E-state index < -0.39 is 8.24 Å². The highest BCUT2D eigenvalue weighted by atomic mass is 32.1. The van der Waals surface area contributed by atoms with E-state index in [-0.39, 0.29) is 5.04 Å². The van der Waals surface area contributed by atoms with Crippen LogP contribution in [-0.4, -0.2) is 59.7 Å². The van der Waals surface area contributed by atoms with Crippen LogP contribution in [0.1, 0.15) is 63.6 Å². The molecule has 4 heterocycles. The molecule has 0 unspecified atom stereocenters.